The molecule has 0 bridgehead atoms. The van der Waals surface area contributed by atoms with Crippen LogP contribution in [0.4, 0.5) is 5.69 Å². The molecule has 0 aromatic heterocycles. The third kappa shape index (κ3) is 3.24. The molecule has 3 heterocycles. The number of carbonyl (C=O) groups excluding carboxylic acids is 3. The molecule has 2 aromatic rings. The third-order valence-electron chi connectivity index (χ3n) is 7.10. The van der Waals surface area contributed by atoms with Crippen molar-refractivity contribution in [3.8, 4) is 0 Å². The first kappa shape index (κ1) is 21.3. The topological polar surface area (TPSA) is 116 Å². The molecule has 0 aliphatic carbocycles. The molecular formula is C25H25N3O5. The maximum atomic E-state index is 13.7. The molecular weight excluding hydrogens is 422 g/mol. The van der Waals surface area contributed by atoms with Crippen molar-refractivity contribution in [2.75, 3.05) is 11.9 Å². The van der Waals surface area contributed by atoms with Gasteiger partial charge in [0.2, 0.25) is 17.7 Å². The third-order valence-corrected chi connectivity index (χ3v) is 7.10. The van der Waals surface area contributed by atoms with Gasteiger partial charge in [-0.1, -0.05) is 48.0 Å². The Morgan fingerprint density at radius 3 is 2.58 bits per heavy atom. The number of aryl methyl sites for hydroxylation is 1. The molecule has 0 radical (unpaired) electrons. The number of nitrogens with one attached hydrogen (secondary N) is 2. The van der Waals surface area contributed by atoms with Gasteiger partial charge in [-0.05, 0) is 31.4 Å². The Hall–Kier alpha value is -3.52. The molecule has 3 aliphatic rings. The van der Waals surface area contributed by atoms with Crippen molar-refractivity contribution < 1.29 is 24.3 Å². The predicted molar refractivity (Wildman–Crippen MR) is 119 cm³/mol. The second kappa shape index (κ2) is 7.81. The minimum absolute atomic E-state index is 0.151. The lowest BCUT2D eigenvalue weighted by Crippen LogP contribution is -2.53. The number of benzene rings is 2. The monoisotopic (exact) mass is 447 g/mol. The summed E-state index contributed by atoms with van der Waals surface area (Å²) in [5.41, 5.74) is 1.80. The lowest BCUT2D eigenvalue weighted by atomic mass is 9.76. The highest BCUT2D eigenvalue weighted by molar-refractivity contribution is 6.15. The fraction of sp³-hybridized carbons (Fsp3) is 0.360. The number of rotatable bonds is 6. The summed E-state index contributed by atoms with van der Waals surface area (Å²) >= 11 is 0. The Kier molecular flexibility index (Phi) is 5.05. The quantitative estimate of drug-likeness (QED) is 0.582. The summed E-state index contributed by atoms with van der Waals surface area (Å²) in [6.45, 7) is 2.12. The highest BCUT2D eigenvalue weighted by atomic mass is 16.4. The van der Waals surface area contributed by atoms with Gasteiger partial charge >= 0.3 is 5.97 Å². The van der Waals surface area contributed by atoms with Gasteiger partial charge in [0.15, 0.2) is 0 Å². The Morgan fingerprint density at radius 2 is 1.85 bits per heavy atom. The molecule has 5 rings (SSSR count). The number of aliphatic carboxylic acids is 1. The van der Waals surface area contributed by atoms with E-state index in [1.165, 1.54) is 4.90 Å². The van der Waals surface area contributed by atoms with Crippen LogP contribution in [-0.2, 0) is 31.1 Å². The zero-order valence-electron chi connectivity index (χ0n) is 18.2. The summed E-state index contributed by atoms with van der Waals surface area (Å²) in [5, 5.41) is 15.4. The Labute approximate surface area is 191 Å². The first-order valence-electron chi connectivity index (χ1n) is 11.1. The molecule has 2 saturated heterocycles. The number of carboxylic acid groups (broad SMARTS) is 1. The standard InChI is InChI=1S/C25H25N3O5/c1-14-7-8-17-16(13-14)25(24(33)26-17)21-20(18(27-25)9-10-19(29)30)22(31)28(23(21)32)12-11-15-5-3-2-4-6-15/h2-8,13,18,20-21,27H,9-12H2,1H3,(H,26,33)(H,29,30)/t18-,20-,21+,25-/m1/s1. The highest BCUT2D eigenvalue weighted by Crippen LogP contribution is 2.53. The second-order valence-corrected chi connectivity index (χ2v) is 9.06. The normalized spacial score (nSPS) is 27.7. The van der Waals surface area contributed by atoms with Gasteiger partial charge in [-0.15, -0.1) is 0 Å². The van der Waals surface area contributed by atoms with Crippen LogP contribution in [0.25, 0.3) is 0 Å². The molecule has 4 atom stereocenters. The van der Waals surface area contributed by atoms with Crippen LogP contribution >= 0.6 is 0 Å². The van der Waals surface area contributed by atoms with E-state index in [-0.39, 0.29) is 37.1 Å². The largest absolute Gasteiger partial charge is 0.481 e. The molecule has 0 unspecified atom stereocenters. The predicted octanol–water partition coefficient (Wildman–Crippen LogP) is 1.82. The molecule has 2 aromatic carbocycles. The van der Waals surface area contributed by atoms with E-state index < -0.39 is 29.4 Å². The van der Waals surface area contributed by atoms with Crippen LogP contribution in [0.2, 0.25) is 0 Å². The van der Waals surface area contributed by atoms with Crippen molar-refractivity contribution in [2.45, 2.75) is 37.8 Å². The van der Waals surface area contributed by atoms with Crippen LogP contribution in [-0.4, -0.2) is 46.3 Å². The lowest BCUT2D eigenvalue weighted by molar-refractivity contribution is -0.143. The van der Waals surface area contributed by atoms with Crippen molar-refractivity contribution in [3.63, 3.8) is 0 Å². The van der Waals surface area contributed by atoms with E-state index in [9.17, 15) is 24.3 Å². The van der Waals surface area contributed by atoms with Crippen LogP contribution in [0.1, 0.15) is 29.5 Å². The number of anilines is 1. The van der Waals surface area contributed by atoms with Crippen molar-refractivity contribution in [2.24, 2.45) is 11.8 Å². The van der Waals surface area contributed by atoms with E-state index >= 15 is 0 Å². The molecule has 3 amide bonds. The second-order valence-electron chi connectivity index (χ2n) is 9.06. The first-order valence-corrected chi connectivity index (χ1v) is 11.1. The van der Waals surface area contributed by atoms with Crippen molar-refractivity contribution in [1.82, 2.24) is 10.2 Å². The number of amides is 3. The van der Waals surface area contributed by atoms with Crippen LogP contribution in [0.5, 0.6) is 0 Å². The van der Waals surface area contributed by atoms with E-state index in [0.29, 0.717) is 17.7 Å². The highest BCUT2D eigenvalue weighted by Gasteiger charge is 2.70. The van der Waals surface area contributed by atoms with E-state index in [1.54, 1.807) is 6.07 Å². The molecule has 0 saturated carbocycles. The number of nitrogens with zero attached hydrogens (tertiary/aromatic N) is 1. The summed E-state index contributed by atoms with van der Waals surface area (Å²) in [6.07, 6.45) is 0.503. The van der Waals surface area contributed by atoms with Crippen molar-refractivity contribution in [1.29, 1.82) is 0 Å². The fourth-order valence-corrected chi connectivity index (χ4v) is 5.61. The van der Waals surface area contributed by atoms with Crippen LogP contribution in [0, 0.1) is 18.8 Å². The van der Waals surface area contributed by atoms with Crippen LogP contribution < -0.4 is 10.6 Å². The summed E-state index contributed by atoms with van der Waals surface area (Å²) in [5.74, 6) is -3.78. The first-order chi connectivity index (χ1) is 15.8. The molecule has 8 heteroatoms. The number of carbonyl (C=O) groups is 4. The van der Waals surface area contributed by atoms with Crippen molar-refractivity contribution in [3.05, 3.63) is 65.2 Å². The summed E-state index contributed by atoms with van der Waals surface area (Å²) < 4.78 is 0. The van der Waals surface area contributed by atoms with E-state index in [4.69, 9.17) is 0 Å². The molecule has 170 valence electrons. The Bertz CT molecular complexity index is 1160. The van der Waals surface area contributed by atoms with E-state index in [2.05, 4.69) is 10.6 Å². The minimum atomic E-state index is -1.39. The van der Waals surface area contributed by atoms with Crippen LogP contribution in [0.3, 0.4) is 0 Å². The molecule has 8 nitrogen and oxygen atoms in total. The number of fused-ring (bicyclic) bond motifs is 4. The molecule has 33 heavy (non-hydrogen) atoms. The minimum Gasteiger partial charge on any atom is -0.481 e. The summed E-state index contributed by atoms with van der Waals surface area (Å²) in [6, 6.07) is 14.5. The van der Waals surface area contributed by atoms with E-state index in [1.807, 2.05) is 49.4 Å². The van der Waals surface area contributed by atoms with Gasteiger partial charge in [-0.3, -0.25) is 29.4 Å². The molecule has 3 N–H and O–H groups in total. The Morgan fingerprint density at radius 1 is 1.09 bits per heavy atom. The number of likely N-dealkylation sites (tertiary alicyclic amines) is 1. The van der Waals surface area contributed by atoms with Gasteiger partial charge in [0.1, 0.15) is 5.54 Å². The molecule has 1 spiro atoms. The van der Waals surface area contributed by atoms with Gasteiger partial charge < -0.3 is 10.4 Å². The van der Waals surface area contributed by atoms with Gasteiger partial charge in [0.05, 0.1) is 11.8 Å². The maximum Gasteiger partial charge on any atom is 0.303 e. The zero-order chi connectivity index (χ0) is 23.3. The SMILES string of the molecule is Cc1ccc2c(c1)[C@]1(N[C@H](CCC(=O)O)[C@H]3C(=O)N(CCc4ccccc4)C(=O)[C@H]31)C(=O)N2. The smallest absolute Gasteiger partial charge is 0.303 e. The van der Waals surface area contributed by atoms with Crippen LogP contribution in [0.15, 0.2) is 48.5 Å². The zero-order valence-corrected chi connectivity index (χ0v) is 18.2. The fourth-order valence-electron chi connectivity index (χ4n) is 5.61. The molecule has 3 aliphatic heterocycles. The summed E-state index contributed by atoms with van der Waals surface area (Å²) in [7, 11) is 0. The number of hydrogen-bond donors (Lipinski definition) is 3. The average Bonchev–Trinajstić information content (AvgIpc) is 3.37. The molecule has 2 fully saturated rings. The van der Waals surface area contributed by atoms with Gasteiger partial charge in [0.25, 0.3) is 0 Å². The average molecular weight is 447 g/mol. The maximum absolute atomic E-state index is 13.7. The number of hydrogen-bond acceptors (Lipinski definition) is 5. The van der Waals surface area contributed by atoms with Gasteiger partial charge in [-0.25, -0.2) is 0 Å². The van der Waals surface area contributed by atoms with Gasteiger partial charge in [-0.2, -0.15) is 0 Å². The van der Waals surface area contributed by atoms with E-state index in [0.717, 1.165) is 11.1 Å². The Balaban J connectivity index is 1.53. The summed E-state index contributed by atoms with van der Waals surface area (Å²) in [4.78, 5) is 53.0. The lowest BCUT2D eigenvalue weighted by Gasteiger charge is -2.29. The number of imide groups is 1. The number of carboxylic acids is 1. The van der Waals surface area contributed by atoms with Crippen molar-refractivity contribution >= 4 is 29.4 Å². The van der Waals surface area contributed by atoms with Gasteiger partial charge in [0, 0.05) is 30.3 Å².